The maximum absolute atomic E-state index is 13.9. The van der Waals surface area contributed by atoms with Crippen LogP contribution in [0.2, 0.25) is 0 Å². The molecule has 232 valence electrons. The summed E-state index contributed by atoms with van der Waals surface area (Å²) in [5.41, 5.74) is 1.99. The van der Waals surface area contributed by atoms with Crippen LogP contribution in [0.25, 0.3) is 0 Å². The molecule has 2 N–H and O–H groups in total. The number of ether oxygens (including phenoxy) is 1. The lowest BCUT2D eigenvalue weighted by Gasteiger charge is -2.43. The molecule has 3 aliphatic heterocycles. The molecule has 2 aromatic carbocycles. The first-order valence-corrected chi connectivity index (χ1v) is 16.8. The summed E-state index contributed by atoms with van der Waals surface area (Å²) in [6, 6.07) is 13.8. The minimum Gasteiger partial charge on any atom is -0.492 e. The van der Waals surface area contributed by atoms with E-state index in [2.05, 4.69) is 39.8 Å². The van der Waals surface area contributed by atoms with Gasteiger partial charge in [0.2, 0.25) is 11.8 Å². The van der Waals surface area contributed by atoms with Gasteiger partial charge in [0.15, 0.2) is 0 Å². The summed E-state index contributed by atoms with van der Waals surface area (Å²) in [5, 5.41) is 6.45. The van der Waals surface area contributed by atoms with Crippen LogP contribution in [0, 0.1) is 12.3 Å². The Morgan fingerprint density at radius 3 is 2.61 bits per heavy atom. The standard InChI is InChI=1S/C35H42N4O4S/c1-25-10-8-11-26-32(25)43-23-9-20-37-34(42)35(16-6-7-19-36-33(26)41)17-21-38(22-18-35)24-31(40)39-27-12-2-4-14-29(27)44-30-15-5-3-13-28(30)39/h2-5,8,10-15,27,29H,6-7,9,16-24H2,1H3,(H,36,41)(H,37,42). The predicted molar refractivity (Wildman–Crippen MR) is 174 cm³/mol. The molecule has 44 heavy (non-hydrogen) atoms. The average Bonchev–Trinajstić information content (AvgIpc) is 3.04. The van der Waals surface area contributed by atoms with Crippen LogP contribution in [-0.2, 0) is 9.59 Å². The number of rotatable bonds is 2. The van der Waals surface area contributed by atoms with Gasteiger partial charge in [0.1, 0.15) is 5.75 Å². The van der Waals surface area contributed by atoms with E-state index in [9.17, 15) is 14.4 Å². The van der Waals surface area contributed by atoms with Crippen molar-refractivity contribution in [2.45, 2.75) is 61.6 Å². The molecule has 3 heterocycles. The van der Waals surface area contributed by atoms with Crippen molar-refractivity contribution in [1.82, 2.24) is 15.5 Å². The molecule has 2 unspecified atom stereocenters. The van der Waals surface area contributed by atoms with Gasteiger partial charge in [-0.2, -0.15) is 0 Å². The zero-order valence-corrected chi connectivity index (χ0v) is 26.2. The molecule has 4 aliphatic rings. The zero-order valence-electron chi connectivity index (χ0n) is 25.4. The Bertz CT molecular complexity index is 1450. The molecule has 0 bridgehead atoms. The predicted octanol–water partition coefficient (Wildman–Crippen LogP) is 4.88. The second-order valence-electron chi connectivity index (χ2n) is 12.3. The van der Waals surface area contributed by atoms with E-state index in [4.69, 9.17) is 4.74 Å². The van der Waals surface area contributed by atoms with Crippen LogP contribution in [0.3, 0.4) is 0 Å². The highest BCUT2D eigenvalue weighted by molar-refractivity contribution is 8.00. The van der Waals surface area contributed by atoms with Gasteiger partial charge >= 0.3 is 0 Å². The van der Waals surface area contributed by atoms with E-state index in [0.29, 0.717) is 69.9 Å². The van der Waals surface area contributed by atoms with Crippen molar-refractivity contribution in [3.05, 3.63) is 77.9 Å². The number of thioether (sulfide) groups is 1. The number of benzene rings is 2. The quantitative estimate of drug-likeness (QED) is 0.502. The molecule has 1 spiro atoms. The zero-order chi connectivity index (χ0) is 30.5. The van der Waals surface area contributed by atoms with Gasteiger partial charge in [0, 0.05) is 18.0 Å². The van der Waals surface area contributed by atoms with Crippen LogP contribution < -0.4 is 20.3 Å². The molecule has 1 saturated heterocycles. The number of anilines is 1. The Labute approximate surface area is 264 Å². The van der Waals surface area contributed by atoms with Crippen molar-refractivity contribution >= 4 is 35.2 Å². The Morgan fingerprint density at radius 1 is 0.955 bits per heavy atom. The lowest BCUT2D eigenvalue weighted by molar-refractivity contribution is -0.135. The SMILES string of the molecule is Cc1cccc2c1OCCCNC(=O)C1(CCCCNC2=O)CCN(CC(=O)N2c3ccccc3SC3C=CC=CC32)CC1. The molecule has 1 aliphatic carbocycles. The molecule has 2 atom stereocenters. The van der Waals surface area contributed by atoms with Gasteiger partial charge in [0.25, 0.3) is 5.91 Å². The third-order valence-electron chi connectivity index (χ3n) is 9.34. The van der Waals surface area contributed by atoms with Gasteiger partial charge < -0.3 is 20.3 Å². The number of allylic oxidation sites excluding steroid dienone is 2. The molecule has 0 radical (unpaired) electrons. The molecule has 6 rings (SSSR count). The van der Waals surface area contributed by atoms with Crippen molar-refractivity contribution in [3.8, 4) is 5.75 Å². The van der Waals surface area contributed by atoms with Crippen LogP contribution in [0.4, 0.5) is 5.69 Å². The summed E-state index contributed by atoms with van der Waals surface area (Å²) in [5.74, 6) is 0.689. The van der Waals surface area contributed by atoms with Crippen LogP contribution in [0.1, 0.15) is 54.4 Å². The third kappa shape index (κ3) is 6.44. The minimum atomic E-state index is -0.472. The number of nitrogens with zero attached hydrogens (tertiary/aromatic N) is 2. The van der Waals surface area contributed by atoms with E-state index in [0.717, 1.165) is 35.4 Å². The summed E-state index contributed by atoms with van der Waals surface area (Å²) in [7, 11) is 0. The normalized spacial score (nSPS) is 24.1. The summed E-state index contributed by atoms with van der Waals surface area (Å²) in [6.07, 6.45) is 12.9. The minimum absolute atomic E-state index is 0.000668. The Morgan fingerprint density at radius 2 is 1.75 bits per heavy atom. The maximum atomic E-state index is 13.9. The fourth-order valence-electron chi connectivity index (χ4n) is 6.82. The van der Waals surface area contributed by atoms with Gasteiger partial charge in [-0.15, -0.1) is 11.8 Å². The van der Waals surface area contributed by atoms with E-state index in [1.807, 2.05) is 60.0 Å². The highest BCUT2D eigenvalue weighted by Gasteiger charge is 2.42. The number of para-hydroxylation sites is 2. The molecule has 0 aromatic heterocycles. The Hall–Kier alpha value is -3.56. The molecule has 3 amide bonds. The lowest BCUT2D eigenvalue weighted by atomic mass is 9.73. The number of nitrogens with one attached hydrogen (secondary N) is 2. The Balaban J connectivity index is 1.09. The van der Waals surface area contributed by atoms with Crippen LogP contribution in [-0.4, -0.2) is 73.2 Å². The van der Waals surface area contributed by atoms with Gasteiger partial charge in [-0.3, -0.25) is 19.3 Å². The fraction of sp³-hybridized carbons (Fsp3) is 0.457. The summed E-state index contributed by atoms with van der Waals surface area (Å²) in [6.45, 7) is 5.15. The molecular weight excluding hydrogens is 572 g/mol. The van der Waals surface area contributed by atoms with Gasteiger partial charge in [-0.05, 0) is 75.9 Å². The number of aryl methyl sites for hydroxylation is 1. The van der Waals surface area contributed by atoms with Gasteiger partial charge in [0.05, 0.1) is 41.1 Å². The summed E-state index contributed by atoms with van der Waals surface area (Å²) in [4.78, 5) is 45.8. The third-order valence-corrected chi connectivity index (χ3v) is 10.6. The number of carbonyl (C=O) groups is 3. The first kappa shape index (κ1) is 30.5. The van der Waals surface area contributed by atoms with Crippen LogP contribution in [0.15, 0.2) is 71.7 Å². The van der Waals surface area contributed by atoms with Crippen LogP contribution >= 0.6 is 11.8 Å². The number of amides is 3. The van der Waals surface area contributed by atoms with Crippen molar-refractivity contribution in [2.24, 2.45) is 5.41 Å². The summed E-state index contributed by atoms with van der Waals surface area (Å²) >= 11 is 1.81. The van der Waals surface area contributed by atoms with Gasteiger partial charge in [-0.25, -0.2) is 0 Å². The van der Waals surface area contributed by atoms with E-state index in [1.165, 1.54) is 0 Å². The second-order valence-corrected chi connectivity index (χ2v) is 13.5. The largest absolute Gasteiger partial charge is 0.492 e. The van der Waals surface area contributed by atoms with Crippen molar-refractivity contribution in [1.29, 1.82) is 0 Å². The number of hydrogen-bond donors (Lipinski definition) is 2. The van der Waals surface area contributed by atoms with E-state index >= 15 is 0 Å². The molecule has 0 saturated carbocycles. The molecular formula is C35H42N4O4S. The van der Waals surface area contributed by atoms with Crippen LogP contribution in [0.5, 0.6) is 5.75 Å². The van der Waals surface area contributed by atoms with Crippen molar-refractivity contribution in [2.75, 3.05) is 44.2 Å². The first-order valence-electron chi connectivity index (χ1n) is 15.9. The maximum Gasteiger partial charge on any atom is 0.255 e. The van der Waals surface area contributed by atoms with Crippen molar-refractivity contribution < 1.29 is 19.1 Å². The Kier molecular flexibility index (Phi) is 9.42. The number of piperidine rings is 1. The molecule has 1 fully saturated rings. The highest BCUT2D eigenvalue weighted by atomic mass is 32.2. The first-order chi connectivity index (χ1) is 21.4. The highest BCUT2D eigenvalue weighted by Crippen LogP contribution is 2.44. The monoisotopic (exact) mass is 614 g/mol. The van der Waals surface area contributed by atoms with Crippen molar-refractivity contribution in [3.63, 3.8) is 0 Å². The molecule has 8 nitrogen and oxygen atoms in total. The fourth-order valence-corrected chi connectivity index (χ4v) is 8.08. The molecule has 2 aromatic rings. The second kappa shape index (κ2) is 13.6. The smallest absolute Gasteiger partial charge is 0.255 e. The van der Waals surface area contributed by atoms with E-state index in [-0.39, 0.29) is 29.0 Å². The topological polar surface area (TPSA) is 91.0 Å². The molecule has 9 heteroatoms. The number of likely N-dealkylation sites (tertiary alicyclic amines) is 1. The number of hydrogen-bond acceptors (Lipinski definition) is 6. The van der Waals surface area contributed by atoms with Gasteiger partial charge in [-0.1, -0.05) is 55.0 Å². The number of carbonyl (C=O) groups excluding carboxylic acids is 3. The van der Waals surface area contributed by atoms with E-state index < -0.39 is 5.41 Å². The average molecular weight is 615 g/mol. The van der Waals surface area contributed by atoms with E-state index in [1.54, 1.807) is 6.07 Å². The lowest BCUT2D eigenvalue weighted by Crippen LogP contribution is -2.54. The summed E-state index contributed by atoms with van der Waals surface area (Å²) < 4.78 is 6.03. The number of fused-ring (bicyclic) bond motifs is 3.